The predicted molar refractivity (Wildman–Crippen MR) is 71.8 cm³/mol. The van der Waals surface area contributed by atoms with Crippen LogP contribution in [0, 0.1) is 16.0 Å². The van der Waals surface area contributed by atoms with E-state index in [0.29, 0.717) is 13.2 Å². The SMILES string of the molecule is CC(NC(=O)c1cc(Cl)ncc1[N+](=O)[O-])C1CCOC1. The van der Waals surface area contributed by atoms with Crippen molar-refractivity contribution in [3.05, 3.63) is 33.1 Å². The third kappa shape index (κ3) is 3.23. The highest BCUT2D eigenvalue weighted by Crippen LogP contribution is 2.22. The zero-order chi connectivity index (χ0) is 14.7. The largest absolute Gasteiger partial charge is 0.381 e. The first-order chi connectivity index (χ1) is 9.49. The number of nitrogens with zero attached hydrogens (tertiary/aromatic N) is 2. The highest BCUT2D eigenvalue weighted by molar-refractivity contribution is 6.29. The minimum absolute atomic E-state index is 0.0394. The summed E-state index contributed by atoms with van der Waals surface area (Å²) in [5, 5.41) is 13.7. The van der Waals surface area contributed by atoms with Gasteiger partial charge in [0.15, 0.2) is 0 Å². The van der Waals surface area contributed by atoms with Gasteiger partial charge in [0.2, 0.25) is 0 Å². The number of amides is 1. The highest BCUT2D eigenvalue weighted by atomic mass is 35.5. The molecule has 8 heteroatoms. The van der Waals surface area contributed by atoms with Crippen LogP contribution in [0.5, 0.6) is 0 Å². The quantitative estimate of drug-likeness (QED) is 0.519. The number of carbonyl (C=O) groups is 1. The summed E-state index contributed by atoms with van der Waals surface area (Å²) in [7, 11) is 0. The van der Waals surface area contributed by atoms with Crippen LogP contribution >= 0.6 is 11.6 Å². The molecule has 1 N–H and O–H groups in total. The van der Waals surface area contributed by atoms with Crippen molar-refractivity contribution in [3.8, 4) is 0 Å². The molecule has 2 heterocycles. The van der Waals surface area contributed by atoms with Crippen molar-refractivity contribution in [1.82, 2.24) is 10.3 Å². The lowest BCUT2D eigenvalue weighted by atomic mass is 10.0. The Bertz CT molecular complexity index is 531. The third-order valence-electron chi connectivity index (χ3n) is 3.32. The molecule has 0 aromatic carbocycles. The van der Waals surface area contributed by atoms with Crippen LogP contribution in [0.3, 0.4) is 0 Å². The van der Waals surface area contributed by atoms with Gasteiger partial charge >= 0.3 is 0 Å². The summed E-state index contributed by atoms with van der Waals surface area (Å²) in [6.45, 7) is 3.11. The standard InChI is InChI=1S/C12H14ClN3O4/c1-7(8-2-3-20-6-8)15-12(17)9-4-11(13)14-5-10(9)16(18)19/h4-5,7-8H,2-3,6H2,1H3,(H,15,17). The fourth-order valence-corrected chi connectivity index (χ4v) is 2.26. The van der Waals surface area contributed by atoms with Gasteiger partial charge in [0, 0.05) is 18.6 Å². The fourth-order valence-electron chi connectivity index (χ4n) is 2.10. The molecule has 2 rings (SSSR count). The number of pyridine rings is 1. The van der Waals surface area contributed by atoms with Gasteiger partial charge in [0.25, 0.3) is 11.6 Å². The molecule has 1 saturated heterocycles. The van der Waals surface area contributed by atoms with E-state index in [1.807, 2.05) is 6.92 Å². The van der Waals surface area contributed by atoms with Gasteiger partial charge in [0.1, 0.15) is 16.9 Å². The number of carbonyl (C=O) groups excluding carboxylic acids is 1. The number of halogens is 1. The topological polar surface area (TPSA) is 94.4 Å². The van der Waals surface area contributed by atoms with Gasteiger partial charge in [-0.05, 0) is 19.4 Å². The number of hydrogen-bond donors (Lipinski definition) is 1. The van der Waals surface area contributed by atoms with Crippen molar-refractivity contribution in [1.29, 1.82) is 0 Å². The lowest BCUT2D eigenvalue weighted by Gasteiger charge is -2.19. The van der Waals surface area contributed by atoms with Crippen LogP contribution in [0.4, 0.5) is 5.69 Å². The average Bonchev–Trinajstić information content (AvgIpc) is 2.92. The minimum atomic E-state index is -0.651. The monoisotopic (exact) mass is 299 g/mol. The molecule has 1 aromatic rings. The lowest BCUT2D eigenvalue weighted by molar-refractivity contribution is -0.385. The van der Waals surface area contributed by atoms with Crippen LogP contribution in [0.25, 0.3) is 0 Å². The highest BCUT2D eigenvalue weighted by Gasteiger charge is 2.27. The molecule has 1 fully saturated rings. The molecule has 1 amide bonds. The number of rotatable bonds is 4. The summed E-state index contributed by atoms with van der Waals surface area (Å²) in [6.07, 6.45) is 1.85. The van der Waals surface area contributed by atoms with Crippen molar-refractivity contribution < 1.29 is 14.5 Å². The summed E-state index contributed by atoms with van der Waals surface area (Å²) in [5.74, 6) is -0.310. The van der Waals surface area contributed by atoms with E-state index >= 15 is 0 Å². The van der Waals surface area contributed by atoms with E-state index < -0.39 is 10.8 Å². The molecule has 0 radical (unpaired) electrons. The van der Waals surface area contributed by atoms with Crippen LogP contribution in [-0.2, 0) is 4.74 Å². The number of aromatic nitrogens is 1. The zero-order valence-electron chi connectivity index (χ0n) is 10.8. The van der Waals surface area contributed by atoms with E-state index in [4.69, 9.17) is 16.3 Å². The van der Waals surface area contributed by atoms with Crippen LogP contribution in [0.15, 0.2) is 12.3 Å². The van der Waals surface area contributed by atoms with Crippen molar-refractivity contribution in [2.24, 2.45) is 5.92 Å². The summed E-state index contributed by atoms with van der Waals surface area (Å²) in [5.41, 5.74) is -0.442. The van der Waals surface area contributed by atoms with Gasteiger partial charge in [0.05, 0.1) is 11.5 Å². The molecule has 1 aliphatic heterocycles. The Balaban J connectivity index is 2.15. The predicted octanol–water partition coefficient (Wildman–Crippen LogP) is 1.80. The molecule has 0 saturated carbocycles. The molecule has 108 valence electrons. The molecule has 1 aromatic heterocycles. The molecule has 0 bridgehead atoms. The van der Waals surface area contributed by atoms with E-state index in [1.165, 1.54) is 6.07 Å². The number of nitrogens with one attached hydrogen (secondary N) is 1. The Kier molecular flexibility index (Phi) is 4.51. The Labute approximate surface area is 120 Å². The summed E-state index contributed by atoms with van der Waals surface area (Å²) in [6, 6.07) is 1.07. The van der Waals surface area contributed by atoms with Crippen molar-refractivity contribution in [3.63, 3.8) is 0 Å². The summed E-state index contributed by atoms with van der Waals surface area (Å²) >= 11 is 5.70. The number of hydrogen-bond acceptors (Lipinski definition) is 5. The average molecular weight is 300 g/mol. The summed E-state index contributed by atoms with van der Waals surface area (Å²) < 4.78 is 5.26. The molecule has 2 unspecified atom stereocenters. The normalized spacial score (nSPS) is 19.6. The maximum atomic E-state index is 12.1. The number of ether oxygens (including phenoxy) is 1. The van der Waals surface area contributed by atoms with E-state index in [1.54, 1.807) is 0 Å². The van der Waals surface area contributed by atoms with Crippen LogP contribution in [0.2, 0.25) is 5.15 Å². The fraction of sp³-hybridized carbons (Fsp3) is 0.500. The van der Waals surface area contributed by atoms with Gasteiger partial charge < -0.3 is 10.1 Å². The van der Waals surface area contributed by atoms with E-state index in [9.17, 15) is 14.9 Å². The second kappa shape index (κ2) is 6.15. The molecule has 0 aliphatic carbocycles. The van der Waals surface area contributed by atoms with E-state index in [0.717, 1.165) is 12.6 Å². The molecule has 2 atom stereocenters. The smallest absolute Gasteiger partial charge is 0.300 e. The second-order valence-corrected chi connectivity index (χ2v) is 5.05. The molecule has 7 nitrogen and oxygen atoms in total. The first-order valence-electron chi connectivity index (χ1n) is 6.17. The van der Waals surface area contributed by atoms with Gasteiger partial charge in [-0.25, -0.2) is 4.98 Å². The van der Waals surface area contributed by atoms with Crippen molar-refractivity contribution >= 4 is 23.2 Å². The maximum Gasteiger partial charge on any atom is 0.300 e. The van der Waals surface area contributed by atoms with Gasteiger partial charge in [-0.1, -0.05) is 11.6 Å². The Hall–Kier alpha value is -1.73. The molecular formula is C12H14ClN3O4. The van der Waals surface area contributed by atoms with Gasteiger partial charge in [-0.15, -0.1) is 0 Å². The van der Waals surface area contributed by atoms with Gasteiger partial charge in [-0.2, -0.15) is 0 Å². The Morgan fingerprint density at radius 2 is 2.45 bits per heavy atom. The zero-order valence-corrected chi connectivity index (χ0v) is 11.6. The minimum Gasteiger partial charge on any atom is -0.381 e. The molecule has 1 aliphatic rings. The van der Waals surface area contributed by atoms with Crippen molar-refractivity contribution in [2.75, 3.05) is 13.2 Å². The van der Waals surface area contributed by atoms with Crippen LogP contribution < -0.4 is 5.32 Å². The summed E-state index contributed by atoms with van der Waals surface area (Å²) in [4.78, 5) is 26.0. The lowest BCUT2D eigenvalue weighted by Crippen LogP contribution is -2.38. The second-order valence-electron chi connectivity index (χ2n) is 4.67. The van der Waals surface area contributed by atoms with E-state index in [-0.39, 0.29) is 28.4 Å². The number of nitro groups is 1. The Morgan fingerprint density at radius 1 is 1.70 bits per heavy atom. The molecule has 0 spiro atoms. The van der Waals surface area contributed by atoms with Gasteiger partial charge in [-0.3, -0.25) is 14.9 Å². The molecule has 20 heavy (non-hydrogen) atoms. The van der Waals surface area contributed by atoms with Crippen LogP contribution in [0.1, 0.15) is 23.7 Å². The van der Waals surface area contributed by atoms with Crippen LogP contribution in [-0.4, -0.2) is 35.1 Å². The molecular weight excluding hydrogens is 286 g/mol. The Morgan fingerprint density at radius 3 is 3.05 bits per heavy atom. The van der Waals surface area contributed by atoms with E-state index in [2.05, 4.69) is 10.3 Å². The third-order valence-corrected chi connectivity index (χ3v) is 3.53. The van der Waals surface area contributed by atoms with Crippen molar-refractivity contribution in [2.45, 2.75) is 19.4 Å². The first kappa shape index (κ1) is 14.7. The maximum absolute atomic E-state index is 12.1. The first-order valence-corrected chi connectivity index (χ1v) is 6.55.